The molecule has 0 aliphatic carbocycles. The van der Waals surface area contributed by atoms with Crippen LogP contribution in [0.25, 0.3) is 33.3 Å². The molecule has 2 fully saturated rings. The lowest BCUT2D eigenvalue weighted by Gasteiger charge is -2.37. The first-order valence-electron chi connectivity index (χ1n) is 25.0. The number of nitrogens with zero attached hydrogens (tertiary/aromatic N) is 6. The van der Waals surface area contributed by atoms with E-state index in [1.807, 2.05) is 39.0 Å². The Bertz CT molecular complexity index is 2770. The predicted molar refractivity (Wildman–Crippen MR) is 271 cm³/mol. The Morgan fingerprint density at radius 3 is 2.59 bits per heavy atom. The van der Waals surface area contributed by atoms with Crippen molar-refractivity contribution in [2.24, 2.45) is 22.2 Å². The van der Waals surface area contributed by atoms with Gasteiger partial charge in [-0.05, 0) is 97.9 Å². The highest BCUT2D eigenvalue weighted by Gasteiger charge is 2.40. The van der Waals surface area contributed by atoms with E-state index in [-0.39, 0.29) is 44.1 Å². The Hall–Kier alpha value is -6.41. The topological polar surface area (TPSA) is 177 Å². The summed E-state index contributed by atoms with van der Waals surface area (Å²) in [7, 11) is 3.29. The number of esters is 1. The van der Waals surface area contributed by atoms with Crippen LogP contribution in [0, 0.1) is 29.1 Å². The van der Waals surface area contributed by atoms with Crippen LogP contribution in [-0.4, -0.2) is 138 Å². The van der Waals surface area contributed by atoms with E-state index in [0.29, 0.717) is 64.2 Å². The molecule has 16 heteroatoms. The molecule has 2 aromatic carbocycles. The summed E-state index contributed by atoms with van der Waals surface area (Å²) in [6.45, 7) is 15.0. The maximum Gasteiger partial charge on any atom is 0.324 e. The van der Waals surface area contributed by atoms with Crippen LogP contribution < -0.4 is 10.7 Å². The highest BCUT2D eigenvalue weighted by Crippen LogP contribution is 2.42. The number of hydrazine groups is 1. The van der Waals surface area contributed by atoms with Gasteiger partial charge in [0.1, 0.15) is 23.8 Å². The van der Waals surface area contributed by atoms with Gasteiger partial charge in [-0.1, -0.05) is 58.0 Å². The second-order valence-electron chi connectivity index (χ2n) is 20.4. The third kappa shape index (κ3) is 11.2. The molecule has 4 aromatic rings. The zero-order chi connectivity index (χ0) is 50.6. The standard InChI is InChI=1S/C55H68N8O8/c1-9-62-46-19-17-38-29-42(46)43(50(62)41-15-11-22-57-48(41)35(4)69-8)30-55(5,6)33-71-54(68)44-16-12-24-63(59-44)53(67)45(28-36-13-10-14-37(38)27-36)58-51(65)49(34(2)3)60(7)52(66)39-21-25-61(31-39)47(64)20-18-40-32-70-26-23-56-40/h10-11,13-15,17,19,22,27,29,34-35,39,44-45,49,59H,9,12,16,21,23-26,28,30-33H2,1-8H3,(H,58,65)/t35-,39-,44-,45-,49?/m0/s1. The van der Waals surface area contributed by atoms with Crippen molar-refractivity contribution in [3.8, 4) is 34.2 Å². The van der Waals surface area contributed by atoms with Gasteiger partial charge in [-0.2, -0.15) is 0 Å². The molecule has 1 unspecified atom stereocenters. The molecule has 0 spiro atoms. The minimum absolute atomic E-state index is 0.128. The Morgan fingerprint density at radius 1 is 1.04 bits per heavy atom. The number of pyridine rings is 1. The molecule has 16 nitrogen and oxygen atoms in total. The zero-order valence-electron chi connectivity index (χ0n) is 42.4. The van der Waals surface area contributed by atoms with E-state index >= 15 is 0 Å². The summed E-state index contributed by atoms with van der Waals surface area (Å²) in [6.07, 6.45) is 3.67. The number of amides is 4. The number of hydrogen-bond donors (Lipinski definition) is 2. The highest BCUT2D eigenvalue weighted by molar-refractivity contribution is 6.07. The van der Waals surface area contributed by atoms with Crippen molar-refractivity contribution in [1.29, 1.82) is 0 Å². The molecule has 376 valence electrons. The third-order valence-electron chi connectivity index (χ3n) is 14.2. The Balaban J connectivity index is 1.12. The molecule has 6 bridgehead atoms. The van der Waals surface area contributed by atoms with Gasteiger partial charge in [-0.3, -0.25) is 39.0 Å². The van der Waals surface area contributed by atoms with Crippen LogP contribution in [0.1, 0.15) is 83.7 Å². The van der Waals surface area contributed by atoms with E-state index in [4.69, 9.17) is 19.2 Å². The minimum Gasteiger partial charge on any atom is -0.464 e. The van der Waals surface area contributed by atoms with Crippen LogP contribution in [0.4, 0.5) is 0 Å². The maximum absolute atomic E-state index is 14.8. The van der Waals surface area contributed by atoms with E-state index in [1.54, 1.807) is 25.3 Å². The number of aryl methyl sites for hydroxylation is 1. The molecule has 2 saturated heterocycles. The molecule has 0 saturated carbocycles. The fraction of sp³-hybridized carbons (Fsp3) is 0.509. The number of fused-ring (bicyclic) bond motifs is 6. The van der Waals surface area contributed by atoms with Gasteiger partial charge in [0, 0.05) is 80.8 Å². The Kier molecular flexibility index (Phi) is 15.7. The van der Waals surface area contributed by atoms with Gasteiger partial charge in [0.15, 0.2) is 0 Å². The first kappa shape index (κ1) is 51.0. The Labute approximate surface area is 416 Å². The Morgan fingerprint density at radius 2 is 1.85 bits per heavy atom. The second-order valence-corrected chi connectivity index (χ2v) is 20.4. The van der Waals surface area contributed by atoms with Crippen LogP contribution in [0.2, 0.25) is 0 Å². The fourth-order valence-corrected chi connectivity index (χ4v) is 10.5. The molecule has 4 amide bonds. The molecular formula is C55H68N8O8. The quantitative estimate of drug-likeness (QED) is 0.160. The molecule has 2 N–H and O–H groups in total. The van der Waals surface area contributed by atoms with Gasteiger partial charge >= 0.3 is 5.97 Å². The second kappa shape index (κ2) is 21.9. The lowest BCUT2D eigenvalue weighted by atomic mass is 9.84. The maximum atomic E-state index is 14.8. The monoisotopic (exact) mass is 969 g/mol. The number of hydrogen-bond acceptors (Lipinski definition) is 11. The van der Waals surface area contributed by atoms with Crippen molar-refractivity contribution in [1.82, 2.24) is 35.1 Å². The molecule has 4 aliphatic rings. The van der Waals surface area contributed by atoms with Gasteiger partial charge < -0.3 is 33.9 Å². The van der Waals surface area contributed by atoms with Crippen molar-refractivity contribution >= 4 is 46.2 Å². The molecule has 4 aliphatic heterocycles. The number of aliphatic imine (C=N–C) groups is 1. The molecule has 0 radical (unpaired) electrons. The molecule has 5 atom stereocenters. The number of rotatable bonds is 9. The van der Waals surface area contributed by atoms with Crippen molar-refractivity contribution in [2.45, 2.75) is 104 Å². The van der Waals surface area contributed by atoms with Crippen LogP contribution in [0.15, 0.2) is 65.8 Å². The van der Waals surface area contributed by atoms with E-state index in [1.165, 1.54) is 9.91 Å². The van der Waals surface area contributed by atoms with Crippen LogP contribution in [0.3, 0.4) is 0 Å². The van der Waals surface area contributed by atoms with Gasteiger partial charge in [0.05, 0.1) is 49.8 Å². The SMILES string of the molecule is CCn1c(-c2cccnc2[C@H](C)OC)c2c3cc(ccc31)-c1cccc(c1)C[C@H](NC(=O)C(C(C)C)N(C)C(=O)[C@H]1CCN(C(=O)C#CC3=NCCOC3)C1)C(=O)N1CCC[C@H](N1)C(=O)OCC(C)(C)C2. The van der Waals surface area contributed by atoms with Crippen LogP contribution >= 0.6 is 0 Å². The number of methoxy groups -OCH3 is 1. The number of benzene rings is 2. The van der Waals surface area contributed by atoms with E-state index in [0.717, 1.165) is 50.1 Å². The van der Waals surface area contributed by atoms with Crippen molar-refractivity contribution in [3.05, 3.63) is 77.6 Å². The molecular weight excluding hydrogens is 901 g/mol. The van der Waals surface area contributed by atoms with Crippen molar-refractivity contribution < 1.29 is 38.2 Å². The fourth-order valence-electron chi connectivity index (χ4n) is 10.5. The first-order chi connectivity index (χ1) is 34.1. The van der Waals surface area contributed by atoms with Crippen LogP contribution in [0.5, 0.6) is 0 Å². The average molecular weight is 969 g/mol. The third-order valence-corrected chi connectivity index (χ3v) is 14.2. The van der Waals surface area contributed by atoms with E-state index in [2.05, 4.69) is 89.3 Å². The van der Waals surface area contributed by atoms with Crippen LogP contribution in [-0.2, 0) is 57.6 Å². The van der Waals surface area contributed by atoms with Gasteiger partial charge in [-0.25, -0.2) is 5.43 Å². The average Bonchev–Trinajstić information content (AvgIpc) is 3.99. The summed E-state index contributed by atoms with van der Waals surface area (Å²) in [5.74, 6) is 2.56. The van der Waals surface area contributed by atoms with E-state index in [9.17, 15) is 24.0 Å². The normalized spacial score (nSPS) is 21.4. The van der Waals surface area contributed by atoms with Gasteiger partial charge in [0.25, 0.3) is 11.8 Å². The lowest BCUT2D eigenvalue weighted by molar-refractivity contribution is -0.155. The smallest absolute Gasteiger partial charge is 0.324 e. The summed E-state index contributed by atoms with van der Waals surface area (Å²) in [4.78, 5) is 82.8. The lowest BCUT2D eigenvalue weighted by Crippen LogP contribution is -2.62. The number of likely N-dealkylation sites (tertiary alicyclic amines) is 1. The predicted octanol–water partition coefficient (Wildman–Crippen LogP) is 5.55. The summed E-state index contributed by atoms with van der Waals surface area (Å²) in [5.41, 5.74) is 10.9. The summed E-state index contributed by atoms with van der Waals surface area (Å²) in [5, 5.41) is 5.58. The van der Waals surface area contributed by atoms with E-state index < -0.39 is 53.1 Å². The number of ether oxygens (including phenoxy) is 3. The van der Waals surface area contributed by atoms with Crippen molar-refractivity contribution in [3.63, 3.8) is 0 Å². The van der Waals surface area contributed by atoms with Gasteiger partial charge in [-0.15, -0.1) is 0 Å². The zero-order valence-corrected chi connectivity index (χ0v) is 42.4. The number of carbonyl (C=O) groups is 5. The molecule has 6 heterocycles. The molecule has 71 heavy (non-hydrogen) atoms. The summed E-state index contributed by atoms with van der Waals surface area (Å²) in [6, 6.07) is 15.8. The number of cyclic esters (lactones) is 1. The number of nitrogens with one attached hydrogen (secondary N) is 2. The van der Waals surface area contributed by atoms with Gasteiger partial charge in [0.2, 0.25) is 11.8 Å². The number of aromatic nitrogens is 2. The van der Waals surface area contributed by atoms with Crippen molar-refractivity contribution in [2.75, 3.05) is 60.2 Å². The highest BCUT2D eigenvalue weighted by atomic mass is 16.5. The number of likely N-dealkylation sites (N-methyl/N-ethyl adjacent to an activating group) is 1. The first-order valence-corrected chi connectivity index (χ1v) is 25.0. The largest absolute Gasteiger partial charge is 0.464 e. The molecule has 8 rings (SSSR count). The number of carbonyl (C=O) groups excluding carboxylic acids is 5. The summed E-state index contributed by atoms with van der Waals surface area (Å²) >= 11 is 0. The minimum atomic E-state index is -1.07. The molecule has 2 aromatic heterocycles. The summed E-state index contributed by atoms with van der Waals surface area (Å²) < 4.78 is 19.7.